The number of aliphatic hydroxyl groups is 1. The smallest absolute Gasteiger partial charge is 0.161 e. The molecule has 0 bridgehead atoms. The lowest BCUT2D eigenvalue weighted by molar-refractivity contribution is 0.134. The van der Waals surface area contributed by atoms with Gasteiger partial charge in [-0.2, -0.15) is 0 Å². The Kier molecular flexibility index (Phi) is 5.25. The quantitative estimate of drug-likeness (QED) is 0.795. The lowest BCUT2D eigenvalue weighted by Gasteiger charge is -2.19. The third kappa shape index (κ3) is 3.35. The summed E-state index contributed by atoms with van der Waals surface area (Å²) in [6.45, 7) is 2.02. The number of hydrogen-bond donors (Lipinski definition) is 2. The van der Waals surface area contributed by atoms with Crippen LogP contribution in [-0.2, 0) is 0 Å². The molecule has 1 aromatic rings. The van der Waals surface area contributed by atoms with Gasteiger partial charge in [-0.15, -0.1) is 0 Å². The highest BCUT2D eigenvalue weighted by atomic mass is 16.5. The van der Waals surface area contributed by atoms with Crippen LogP contribution in [0.25, 0.3) is 0 Å². The van der Waals surface area contributed by atoms with E-state index < -0.39 is 12.1 Å². The Labute approximate surface area is 102 Å². The molecular weight excluding hydrogens is 218 g/mol. The van der Waals surface area contributed by atoms with Crippen molar-refractivity contribution in [1.82, 2.24) is 0 Å². The number of methoxy groups -OCH3 is 2. The van der Waals surface area contributed by atoms with Crippen molar-refractivity contribution in [3.63, 3.8) is 0 Å². The van der Waals surface area contributed by atoms with Gasteiger partial charge in [0.1, 0.15) is 0 Å². The highest BCUT2D eigenvalue weighted by Gasteiger charge is 2.17. The van der Waals surface area contributed by atoms with E-state index in [0.717, 1.165) is 12.0 Å². The molecule has 0 aliphatic rings. The maximum atomic E-state index is 9.86. The second-order valence-electron chi connectivity index (χ2n) is 4.00. The zero-order valence-corrected chi connectivity index (χ0v) is 10.6. The summed E-state index contributed by atoms with van der Waals surface area (Å²) in [7, 11) is 3.17. The van der Waals surface area contributed by atoms with Crippen molar-refractivity contribution in [1.29, 1.82) is 0 Å². The molecule has 1 rings (SSSR count). The summed E-state index contributed by atoms with van der Waals surface area (Å²) >= 11 is 0. The van der Waals surface area contributed by atoms with Crippen LogP contribution in [-0.4, -0.2) is 25.4 Å². The van der Waals surface area contributed by atoms with E-state index in [1.165, 1.54) is 0 Å². The van der Waals surface area contributed by atoms with Gasteiger partial charge < -0.3 is 20.3 Å². The topological polar surface area (TPSA) is 64.7 Å². The summed E-state index contributed by atoms with van der Waals surface area (Å²) in [6.07, 6.45) is 1.07. The Morgan fingerprint density at radius 1 is 1.24 bits per heavy atom. The van der Waals surface area contributed by atoms with Crippen LogP contribution in [0.15, 0.2) is 18.2 Å². The van der Waals surface area contributed by atoms with Gasteiger partial charge in [0.25, 0.3) is 0 Å². The number of nitrogens with two attached hydrogens (primary N) is 1. The van der Waals surface area contributed by atoms with Crippen molar-refractivity contribution in [2.24, 2.45) is 5.73 Å². The molecule has 17 heavy (non-hydrogen) atoms. The van der Waals surface area contributed by atoms with Crippen LogP contribution in [0.1, 0.15) is 31.4 Å². The molecule has 0 fully saturated rings. The van der Waals surface area contributed by atoms with Crippen LogP contribution in [0.4, 0.5) is 0 Å². The van der Waals surface area contributed by atoms with Crippen LogP contribution in [0, 0.1) is 0 Å². The van der Waals surface area contributed by atoms with Crippen molar-refractivity contribution in [2.45, 2.75) is 31.9 Å². The van der Waals surface area contributed by atoms with Gasteiger partial charge in [0.05, 0.1) is 26.4 Å². The molecule has 0 saturated carbocycles. The zero-order chi connectivity index (χ0) is 12.8. The number of hydrogen-bond acceptors (Lipinski definition) is 4. The first-order valence-corrected chi connectivity index (χ1v) is 5.79. The molecule has 3 N–H and O–H groups in total. The SMILES string of the molecule is CCC[C@@H](O)[C@@H](N)c1ccc(OC)c(OC)c1. The second kappa shape index (κ2) is 6.47. The standard InChI is InChI=1S/C13H21NO3/c1-4-5-10(15)13(14)9-6-7-11(16-2)12(8-9)17-3/h6-8,10,13,15H,4-5,14H2,1-3H3/t10-,13+/m1/s1. The molecule has 0 heterocycles. The summed E-state index contributed by atoms with van der Waals surface area (Å²) in [5.74, 6) is 1.29. The molecule has 0 radical (unpaired) electrons. The monoisotopic (exact) mass is 239 g/mol. The van der Waals surface area contributed by atoms with E-state index in [4.69, 9.17) is 15.2 Å². The normalized spacial score (nSPS) is 14.2. The Morgan fingerprint density at radius 2 is 1.88 bits per heavy atom. The summed E-state index contributed by atoms with van der Waals surface area (Å²) in [5.41, 5.74) is 6.84. The highest BCUT2D eigenvalue weighted by molar-refractivity contribution is 5.43. The summed E-state index contributed by atoms with van der Waals surface area (Å²) < 4.78 is 10.4. The molecule has 0 amide bonds. The Balaban J connectivity index is 2.91. The zero-order valence-electron chi connectivity index (χ0n) is 10.6. The van der Waals surface area contributed by atoms with E-state index in [0.29, 0.717) is 17.9 Å². The molecule has 1 aromatic carbocycles. The Hall–Kier alpha value is -1.26. The second-order valence-corrected chi connectivity index (χ2v) is 4.00. The number of benzene rings is 1. The number of aliphatic hydroxyl groups excluding tert-OH is 1. The first-order chi connectivity index (χ1) is 8.13. The van der Waals surface area contributed by atoms with E-state index in [1.54, 1.807) is 20.3 Å². The van der Waals surface area contributed by atoms with Gasteiger partial charge in [-0.05, 0) is 24.1 Å². The average Bonchev–Trinajstić information content (AvgIpc) is 2.37. The van der Waals surface area contributed by atoms with E-state index in [1.807, 2.05) is 19.1 Å². The minimum Gasteiger partial charge on any atom is -0.493 e. The first-order valence-electron chi connectivity index (χ1n) is 5.79. The van der Waals surface area contributed by atoms with Crippen LogP contribution in [0.5, 0.6) is 11.5 Å². The van der Waals surface area contributed by atoms with E-state index in [2.05, 4.69) is 0 Å². The molecule has 2 atom stereocenters. The van der Waals surface area contributed by atoms with Gasteiger partial charge in [-0.3, -0.25) is 0 Å². The van der Waals surface area contributed by atoms with Gasteiger partial charge >= 0.3 is 0 Å². The fourth-order valence-corrected chi connectivity index (χ4v) is 1.76. The predicted octanol–water partition coefficient (Wildman–Crippen LogP) is 1.86. The predicted molar refractivity (Wildman–Crippen MR) is 67.4 cm³/mol. The maximum absolute atomic E-state index is 9.86. The van der Waals surface area contributed by atoms with Crippen LogP contribution >= 0.6 is 0 Å². The minimum absolute atomic E-state index is 0.394. The van der Waals surface area contributed by atoms with E-state index in [-0.39, 0.29) is 0 Å². The van der Waals surface area contributed by atoms with Crippen molar-refractivity contribution in [3.05, 3.63) is 23.8 Å². The van der Waals surface area contributed by atoms with Crippen LogP contribution in [0.3, 0.4) is 0 Å². The Bertz CT molecular complexity index is 355. The third-order valence-electron chi connectivity index (χ3n) is 2.79. The average molecular weight is 239 g/mol. The fourth-order valence-electron chi connectivity index (χ4n) is 1.76. The third-order valence-corrected chi connectivity index (χ3v) is 2.79. The number of rotatable bonds is 6. The molecule has 4 heteroatoms. The highest BCUT2D eigenvalue weighted by Crippen LogP contribution is 2.30. The molecule has 0 aromatic heterocycles. The van der Waals surface area contributed by atoms with Crippen molar-refractivity contribution in [2.75, 3.05) is 14.2 Å². The first kappa shape index (κ1) is 13.8. The maximum Gasteiger partial charge on any atom is 0.161 e. The summed E-state index contributed by atoms with van der Waals surface area (Å²) in [4.78, 5) is 0. The van der Waals surface area contributed by atoms with E-state index >= 15 is 0 Å². The molecule has 0 aliphatic carbocycles. The fraction of sp³-hybridized carbons (Fsp3) is 0.538. The van der Waals surface area contributed by atoms with Crippen molar-refractivity contribution >= 4 is 0 Å². The van der Waals surface area contributed by atoms with E-state index in [9.17, 15) is 5.11 Å². The lowest BCUT2D eigenvalue weighted by Crippen LogP contribution is -2.25. The van der Waals surface area contributed by atoms with Crippen molar-refractivity contribution in [3.8, 4) is 11.5 Å². The molecule has 0 unspecified atom stereocenters. The van der Waals surface area contributed by atoms with Crippen molar-refractivity contribution < 1.29 is 14.6 Å². The number of ether oxygens (including phenoxy) is 2. The molecule has 0 saturated heterocycles. The largest absolute Gasteiger partial charge is 0.493 e. The molecule has 4 nitrogen and oxygen atoms in total. The molecule has 96 valence electrons. The van der Waals surface area contributed by atoms with Gasteiger partial charge in [0.15, 0.2) is 11.5 Å². The summed E-state index contributed by atoms with van der Waals surface area (Å²) in [5, 5.41) is 9.86. The van der Waals surface area contributed by atoms with Crippen LogP contribution in [0.2, 0.25) is 0 Å². The molecule has 0 spiro atoms. The van der Waals surface area contributed by atoms with Gasteiger partial charge in [-0.25, -0.2) is 0 Å². The van der Waals surface area contributed by atoms with Crippen LogP contribution < -0.4 is 15.2 Å². The van der Waals surface area contributed by atoms with Gasteiger partial charge in [-0.1, -0.05) is 19.4 Å². The molecular formula is C13H21NO3. The molecule has 0 aliphatic heterocycles. The lowest BCUT2D eigenvalue weighted by atomic mass is 9.99. The van der Waals surface area contributed by atoms with Gasteiger partial charge in [0, 0.05) is 0 Å². The minimum atomic E-state index is -0.530. The Morgan fingerprint density at radius 3 is 2.41 bits per heavy atom. The summed E-state index contributed by atoms with van der Waals surface area (Å²) in [6, 6.07) is 5.06. The van der Waals surface area contributed by atoms with Gasteiger partial charge in [0.2, 0.25) is 0 Å².